The van der Waals surface area contributed by atoms with E-state index in [1.54, 1.807) is 30.3 Å². The molecular weight excluding hydrogens is 310 g/mol. The number of hydrogen-bond donors (Lipinski definition) is 2. The van der Waals surface area contributed by atoms with Gasteiger partial charge in [0.25, 0.3) is 0 Å². The highest BCUT2D eigenvalue weighted by molar-refractivity contribution is 7.90. The van der Waals surface area contributed by atoms with Gasteiger partial charge in [-0.05, 0) is 36.4 Å². The minimum atomic E-state index is -3.50. The van der Waals surface area contributed by atoms with Crippen LogP contribution < -0.4 is 5.73 Å². The van der Waals surface area contributed by atoms with E-state index >= 15 is 0 Å². The molecule has 0 amide bonds. The topological polar surface area (TPSA) is 88.8 Å². The Morgan fingerprint density at radius 3 is 2.76 bits per heavy atom. The van der Waals surface area contributed by atoms with Gasteiger partial charge in [-0.1, -0.05) is 17.7 Å². The number of hydrogen-bond acceptors (Lipinski definition) is 4. The van der Waals surface area contributed by atoms with Gasteiger partial charge < -0.3 is 10.7 Å². The SMILES string of the molecule is Nc1ccc2nc(CS(=O)(=O)c3cccc(Cl)c3)[nH]c2c1. The van der Waals surface area contributed by atoms with Gasteiger partial charge in [0.2, 0.25) is 0 Å². The number of nitrogen functional groups attached to an aromatic ring is 1. The summed E-state index contributed by atoms with van der Waals surface area (Å²) in [5.41, 5.74) is 7.68. The fourth-order valence-electron chi connectivity index (χ4n) is 2.07. The molecule has 21 heavy (non-hydrogen) atoms. The molecule has 0 radical (unpaired) electrons. The van der Waals surface area contributed by atoms with Crippen molar-refractivity contribution in [3.05, 3.63) is 53.3 Å². The molecule has 3 N–H and O–H groups in total. The van der Waals surface area contributed by atoms with Crippen molar-refractivity contribution >= 4 is 38.2 Å². The number of benzene rings is 2. The highest BCUT2D eigenvalue weighted by Crippen LogP contribution is 2.21. The van der Waals surface area contributed by atoms with E-state index in [-0.39, 0.29) is 10.6 Å². The Morgan fingerprint density at radius 2 is 2.00 bits per heavy atom. The number of H-pyrrole nitrogens is 1. The van der Waals surface area contributed by atoms with Crippen molar-refractivity contribution in [1.29, 1.82) is 0 Å². The molecule has 7 heteroatoms. The van der Waals surface area contributed by atoms with Crippen LogP contribution in [0.5, 0.6) is 0 Å². The van der Waals surface area contributed by atoms with Gasteiger partial charge in [0.1, 0.15) is 11.6 Å². The number of sulfone groups is 1. The Hall–Kier alpha value is -2.05. The fraction of sp³-hybridized carbons (Fsp3) is 0.0714. The van der Waals surface area contributed by atoms with Gasteiger partial charge in [0.15, 0.2) is 9.84 Å². The number of nitrogens with zero attached hydrogens (tertiary/aromatic N) is 1. The van der Waals surface area contributed by atoms with Gasteiger partial charge >= 0.3 is 0 Å². The van der Waals surface area contributed by atoms with Crippen molar-refractivity contribution in [3.8, 4) is 0 Å². The molecule has 0 atom stereocenters. The Morgan fingerprint density at radius 1 is 1.19 bits per heavy atom. The summed E-state index contributed by atoms with van der Waals surface area (Å²) in [6, 6.07) is 11.4. The first-order chi connectivity index (χ1) is 9.94. The number of aromatic nitrogens is 2. The number of halogens is 1. The molecule has 108 valence electrons. The number of nitrogens with one attached hydrogen (secondary N) is 1. The minimum Gasteiger partial charge on any atom is -0.399 e. The summed E-state index contributed by atoms with van der Waals surface area (Å²) in [5.74, 6) is 0.151. The Balaban J connectivity index is 1.97. The molecule has 2 aromatic carbocycles. The van der Waals surface area contributed by atoms with E-state index in [1.807, 2.05) is 0 Å². The fourth-order valence-corrected chi connectivity index (χ4v) is 3.58. The molecule has 0 aliphatic heterocycles. The lowest BCUT2D eigenvalue weighted by Gasteiger charge is -2.02. The van der Waals surface area contributed by atoms with Crippen molar-refractivity contribution in [2.45, 2.75) is 10.6 Å². The Bertz CT molecular complexity index is 919. The van der Waals surface area contributed by atoms with Gasteiger partial charge in [-0.3, -0.25) is 0 Å². The number of nitrogens with two attached hydrogens (primary N) is 1. The van der Waals surface area contributed by atoms with Crippen LogP contribution in [0, 0.1) is 0 Å². The molecule has 0 bridgehead atoms. The number of imidazole rings is 1. The number of fused-ring (bicyclic) bond motifs is 1. The van der Waals surface area contributed by atoms with Crippen LogP contribution in [0.3, 0.4) is 0 Å². The van der Waals surface area contributed by atoms with Gasteiger partial charge in [-0.15, -0.1) is 0 Å². The van der Waals surface area contributed by atoms with E-state index in [9.17, 15) is 8.42 Å². The third-order valence-corrected chi connectivity index (χ3v) is 4.90. The van der Waals surface area contributed by atoms with E-state index in [0.29, 0.717) is 27.6 Å². The molecule has 0 unspecified atom stereocenters. The molecule has 5 nitrogen and oxygen atoms in total. The van der Waals surface area contributed by atoms with Crippen LogP contribution in [0.15, 0.2) is 47.4 Å². The lowest BCUT2D eigenvalue weighted by molar-refractivity contribution is 0.594. The zero-order valence-electron chi connectivity index (χ0n) is 10.9. The highest BCUT2D eigenvalue weighted by atomic mass is 35.5. The second-order valence-electron chi connectivity index (χ2n) is 4.68. The van der Waals surface area contributed by atoms with Crippen LogP contribution in [0.4, 0.5) is 5.69 Å². The van der Waals surface area contributed by atoms with Crippen LogP contribution >= 0.6 is 11.6 Å². The molecule has 0 saturated heterocycles. The summed E-state index contributed by atoms with van der Waals surface area (Å²) in [6.07, 6.45) is 0. The zero-order chi connectivity index (χ0) is 15.0. The second kappa shape index (κ2) is 5.05. The van der Waals surface area contributed by atoms with E-state index in [2.05, 4.69) is 9.97 Å². The van der Waals surface area contributed by atoms with E-state index in [1.165, 1.54) is 12.1 Å². The Labute approximate surface area is 126 Å². The summed E-state index contributed by atoms with van der Waals surface area (Å²) < 4.78 is 24.7. The van der Waals surface area contributed by atoms with Crippen molar-refractivity contribution in [2.24, 2.45) is 0 Å². The van der Waals surface area contributed by atoms with Crippen LogP contribution in [0.25, 0.3) is 11.0 Å². The molecule has 0 spiro atoms. The molecule has 0 aliphatic rings. The molecule has 1 aromatic heterocycles. The predicted molar refractivity (Wildman–Crippen MR) is 82.8 cm³/mol. The Kier molecular flexibility index (Phi) is 3.35. The number of anilines is 1. The van der Waals surface area contributed by atoms with Crippen LogP contribution in [0.2, 0.25) is 5.02 Å². The predicted octanol–water partition coefficient (Wildman–Crippen LogP) is 2.77. The third kappa shape index (κ3) is 2.86. The zero-order valence-corrected chi connectivity index (χ0v) is 12.4. The van der Waals surface area contributed by atoms with Crippen LogP contribution in [0.1, 0.15) is 5.82 Å². The average molecular weight is 322 g/mol. The number of aromatic amines is 1. The average Bonchev–Trinajstić information content (AvgIpc) is 2.79. The first-order valence-electron chi connectivity index (χ1n) is 6.16. The third-order valence-electron chi connectivity index (χ3n) is 3.04. The van der Waals surface area contributed by atoms with E-state index in [0.717, 1.165) is 0 Å². The van der Waals surface area contributed by atoms with E-state index in [4.69, 9.17) is 17.3 Å². The van der Waals surface area contributed by atoms with Gasteiger partial charge in [0.05, 0.1) is 15.9 Å². The maximum atomic E-state index is 12.4. The first kappa shape index (κ1) is 13.9. The quantitative estimate of drug-likeness (QED) is 0.726. The standard InChI is InChI=1S/C14H12ClN3O2S/c15-9-2-1-3-11(6-9)21(19,20)8-14-17-12-5-4-10(16)7-13(12)18-14/h1-7H,8,16H2,(H,17,18). The highest BCUT2D eigenvalue weighted by Gasteiger charge is 2.18. The molecule has 3 aromatic rings. The van der Waals surface area contributed by atoms with Crippen molar-refractivity contribution in [3.63, 3.8) is 0 Å². The normalized spacial score (nSPS) is 11.9. The molecule has 0 saturated carbocycles. The lowest BCUT2D eigenvalue weighted by Crippen LogP contribution is -2.06. The van der Waals surface area contributed by atoms with Crippen LogP contribution in [-0.2, 0) is 15.6 Å². The molecule has 0 fully saturated rings. The maximum Gasteiger partial charge on any atom is 0.185 e. The molecule has 0 aliphatic carbocycles. The summed E-state index contributed by atoms with van der Waals surface area (Å²) >= 11 is 5.83. The smallest absolute Gasteiger partial charge is 0.185 e. The summed E-state index contributed by atoms with van der Waals surface area (Å²) in [4.78, 5) is 7.41. The number of rotatable bonds is 3. The van der Waals surface area contributed by atoms with Gasteiger partial charge in [0, 0.05) is 10.7 Å². The van der Waals surface area contributed by atoms with Crippen molar-refractivity contribution in [2.75, 3.05) is 5.73 Å². The first-order valence-corrected chi connectivity index (χ1v) is 8.19. The molecular formula is C14H12ClN3O2S. The van der Waals surface area contributed by atoms with Crippen molar-refractivity contribution < 1.29 is 8.42 Å². The summed E-state index contributed by atoms with van der Waals surface area (Å²) in [7, 11) is -3.50. The second-order valence-corrected chi connectivity index (χ2v) is 7.10. The minimum absolute atomic E-state index is 0.176. The summed E-state index contributed by atoms with van der Waals surface area (Å²) in [5, 5.41) is 0.383. The maximum absolute atomic E-state index is 12.4. The van der Waals surface area contributed by atoms with Crippen molar-refractivity contribution in [1.82, 2.24) is 9.97 Å². The van der Waals surface area contributed by atoms with E-state index < -0.39 is 9.84 Å². The molecule has 1 heterocycles. The van der Waals surface area contributed by atoms with Crippen LogP contribution in [-0.4, -0.2) is 18.4 Å². The summed E-state index contributed by atoms with van der Waals surface area (Å²) in [6.45, 7) is 0. The van der Waals surface area contributed by atoms with Gasteiger partial charge in [-0.25, -0.2) is 13.4 Å². The lowest BCUT2D eigenvalue weighted by atomic mass is 10.3. The van der Waals surface area contributed by atoms with Gasteiger partial charge in [-0.2, -0.15) is 0 Å². The monoisotopic (exact) mass is 321 g/mol. The molecule has 3 rings (SSSR count). The largest absolute Gasteiger partial charge is 0.399 e.